The first-order chi connectivity index (χ1) is 10.9. The van der Waals surface area contributed by atoms with E-state index in [0.717, 1.165) is 37.1 Å². The molecule has 23 heavy (non-hydrogen) atoms. The van der Waals surface area contributed by atoms with E-state index in [9.17, 15) is 9.59 Å². The van der Waals surface area contributed by atoms with Crippen LogP contribution in [0.25, 0.3) is 0 Å². The number of esters is 2. The van der Waals surface area contributed by atoms with E-state index < -0.39 is 0 Å². The van der Waals surface area contributed by atoms with Crippen molar-refractivity contribution in [2.24, 2.45) is 11.8 Å². The van der Waals surface area contributed by atoms with Gasteiger partial charge in [0.25, 0.3) is 0 Å². The first kappa shape index (κ1) is 17.6. The Morgan fingerprint density at radius 3 is 1.74 bits per heavy atom. The molecule has 1 fully saturated rings. The molecular formula is C18H27NO4. The minimum atomic E-state index is -0.348. The molecule has 128 valence electrons. The number of carbonyl (C=O) groups is 2. The average Bonchev–Trinajstić information content (AvgIpc) is 2.58. The number of hydrogen-bond donors (Lipinski definition) is 0. The van der Waals surface area contributed by atoms with Gasteiger partial charge in [0.1, 0.15) is 0 Å². The van der Waals surface area contributed by atoms with Gasteiger partial charge in [-0.05, 0) is 32.6 Å². The number of carbonyl (C=O) groups excluding carboxylic acids is 2. The lowest BCUT2D eigenvalue weighted by molar-refractivity contribution is -0.138. The first-order valence-corrected chi connectivity index (χ1v) is 8.25. The average molecular weight is 321 g/mol. The summed E-state index contributed by atoms with van der Waals surface area (Å²) in [4.78, 5) is 26.8. The molecule has 2 aliphatic rings. The van der Waals surface area contributed by atoms with Crippen LogP contribution in [0.4, 0.5) is 0 Å². The van der Waals surface area contributed by atoms with E-state index in [0.29, 0.717) is 11.1 Å². The molecule has 0 saturated heterocycles. The molecule has 0 atom stereocenters. The maximum absolute atomic E-state index is 12.5. The molecule has 0 aromatic carbocycles. The summed E-state index contributed by atoms with van der Waals surface area (Å²) in [6.45, 7) is 3.83. The van der Waals surface area contributed by atoms with Gasteiger partial charge < -0.3 is 14.4 Å². The van der Waals surface area contributed by atoms with Gasteiger partial charge in [-0.2, -0.15) is 0 Å². The van der Waals surface area contributed by atoms with Gasteiger partial charge in [-0.25, -0.2) is 9.59 Å². The maximum Gasteiger partial charge on any atom is 0.336 e. The molecule has 0 radical (unpaired) electrons. The largest absolute Gasteiger partial charge is 0.466 e. The SMILES string of the molecule is COC(=O)C1=C(C)N(C)C(C)=C(C(=O)OC)C1C1CCCCC1. The van der Waals surface area contributed by atoms with Crippen LogP contribution in [0.1, 0.15) is 46.0 Å². The molecule has 1 saturated carbocycles. The Labute approximate surface area is 138 Å². The molecule has 0 N–H and O–H groups in total. The predicted octanol–water partition coefficient (Wildman–Crippen LogP) is 3.02. The van der Waals surface area contributed by atoms with Gasteiger partial charge in [-0.1, -0.05) is 19.3 Å². The van der Waals surface area contributed by atoms with Crippen LogP contribution in [0.2, 0.25) is 0 Å². The number of hydrogen-bond acceptors (Lipinski definition) is 5. The van der Waals surface area contributed by atoms with Crippen molar-refractivity contribution < 1.29 is 19.1 Å². The summed E-state index contributed by atoms with van der Waals surface area (Å²) in [6.07, 6.45) is 5.54. The number of ether oxygens (including phenoxy) is 2. The molecule has 0 unspecified atom stereocenters. The van der Waals surface area contributed by atoms with Gasteiger partial charge in [0.15, 0.2) is 0 Å². The van der Waals surface area contributed by atoms with Gasteiger partial charge in [0.2, 0.25) is 0 Å². The van der Waals surface area contributed by atoms with Crippen LogP contribution >= 0.6 is 0 Å². The zero-order valence-corrected chi connectivity index (χ0v) is 14.8. The van der Waals surface area contributed by atoms with E-state index in [-0.39, 0.29) is 23.8 Å². The third-order valence-electron chi connectivity index (χ3n) is 5.34. The van der Waals surface area contributed by atoms with Gasteiger partial charge in [-0.15, -0.1) is 0 Å². The molecule has 1 aliphatic carbocycles. The van der Waals surface area contributed by atoms with E-state index in [1.54, 1.807) is 0 Å². The van der Waals surface area contributed by atoms with E-state index in [4.69, 9.17) is 9.47 Å². The van der Waals surface area contributed by atoms with E-state index >= 15 is 0 Å². The summed E-state index contributed by atoms with van der Waals surface area (Å²) in [6, 6.07) is 0. The van der Waals surface area contributed by atoms with Crippen molar-refractivity contribution >= 4 is 11.9 Å². The number of allylic oxidation sites excluding steroid dienone is 2. The second-order valence-corrected chi connectivity index (χ2v) is 6.42. The number of nitrogens with zero attached hydrogens (tertiary/aromatic N) is 1. The van der Waals surface area contributed by atoms with Crippen LogP contribution in [0.5, 0.6) is 0 Å². The Balaban J connectivity index is 2.57. The molecule has 5 heteroatoms. The highest BCUT2D eigenvalue weighted by Gasteiger charge is 2.42. The highest BCUT2D eigenvalue weighted by atomic mass is 16.5. The van der Waals surface area contributed by atoms with Crippen LogP contribution in [0.15, 0.2) is 22.5 Å². The molecule has 0 bridgehead atoms. The van der Waals surface area contributed by atoms with Gasteiger partial charge in [-0.3, -0.25) is 0 Å². The lowest BCUT2D eigenvalue weighted by Gasteiger charge is -2.39. The Bertz CT molecular complexity index is 515. The van der Waals surface area contributed by atoms with Crippen molar-refractivity contribution in [1.29, 1.82) is 0 Å². The molecule has 1 heterocycles. The van der Waals surface area contributed by atoms with Crippen LogP contribution in [-0.4, -0.2) is 38.1 Å². The fourth-order valence-electron chi connectivity index (χ4n) is 3.92. The van der Waals surface area contributed by atoms with Crippen molar-refractivity contribution in [3.05, 3.63) is 22.5 Å². The minimum absolute atomic E-state index is 0.230. The predicted molar refractivity (Wildman–Crippen MR) is 87.3 cm³/mol. The lowest BCUT2D eigenvalue weighted by atomic mass is 9.70. The van der Waals surface area contributed by atoms with Gasteiger partial charge in [0.05, 0.1) is 25.4 Å². The normalized spacial score (nSPS) is 20.8. The third-order valence-corrected chi connectivity index (χ3v) is 5.34. The summed E-state index contributed by atoms with van der Waals surface area (Å²) < 4.78 is 10.1. The van der Waals surface area contributed by atoms with Crippen molar-refractivity contribution in [2.45, 2.75) is 46.0 Å². The Morgan fingerprint density at radius 1 is 0.913 bits per heavy atom. The monoisotopic (exact) mass is 321 g/mol. The summed E-state index contributed by atoms with van der Waals surface area (Å²) in [5, 5.41) is 0. The van der Waals surface area contributed by atoms with Gasteiger partial charge in [0, 0.05) is 24.4 Å². The van der Waals surface area contributed by atoms with Crippen LogP contribution in [0, 0.1) is 11.8 Å². The molecule has 1 aliphatic heterocycles. The molecule has 0 amide bonds. The first-order valence-electron chi connectivity index (χ1n) is 8.25. The number of rotatable bonds is 3. The highest BCUT2D eigenvalue weighted by Crippen LogP contribution is 2.44. The Kier molecular flexibility index (Phi) is 5.50. The summed E-state index contributed by atoms with van der Waals surface area (Å²) in [5.74, 6) is -0.644. The summed E-state index contributed by atoms with van der Waals surface area (Å²) in [5.41, 5.74) is 2.93. The summed E-state index contributed by atoms with van der Waals surface area (Å²) in [7, 11) is 4.65. The second kappa shape index (κ2) is 7.20. The maximum atomic E-state index is 12.5. The Hall–Kier alpha value is -1.78. The quantitative estimate of drug-likeness (QED) is 0.748. The molecule has 0 aromatic heterocycles. The minimum Gasteiger partial charge on any atom is -0.466 e. The second-order valence-electron chi connectivity index (χ2n) is 6.42. The summed E-state index contributed by atoms with van der Waals surface area (Å²) >= 11 is 0. The van der Waals surface area contributed by atoms with Gasteiger partial charge >= 0.3 is 11.9 Å². The lowest BCUT2D eigenvalue weighted by Crippen LogP contribution is -2.38. The van der Waals surface area contributed by atoms with E-state index in [1.807, 2.05) is 25.8 Å². The smallest absolute Gasteiger partial charge is 0.336 e. The number of methoxy groups -OCH3 is 2. The molecule has 0 spiro atoms. The highest BCUT2D eigenvalue weighted by molar-refractivity contribution is 5.97. The van der Waals surface area contributed by atoms with Crippen LogP contribution in [-0.2, 0) is 19.1 Å². The van der Waals surface area contributed by atoms with E-state index in [1.165, 1.54) is 20.6 Å². The fourth-order valence-corrected chi connectivity index (χ4v) is 3.92. The zero-order chi connectivity index (χ0) is 17.1. The standard InChI is InChI=1S/C18H27NO4/c1-11-14(17(20)22-4)16(13-9-7-6-8-10-13)15(18(21)23-5)12(2)19(11)3/h13,16H,6-10H2,1-5H3. The molecule has 0 aromatic rings. The van der Waals surface area contributed by atoms with Crippen molar-refractivity contribution in [3.8, 4) is 0 Å². The molecular weight excluding hydrogens is 294 g/mol. The zero-order valence-electron chi connectivity index (χ0n) is 14.8. The van der Waals surface area contributed by atoms with Crippen molar-refractivity contribution in [2.75, 3.05) is 21.3 Å². The van der Waals surface area contributed by atoms with Crippen LogP contribution < -0.4 is 0 Å². The van der Waals surface area contributed by atoms with Crippen LogP contribution in [0.3, 0.4) is 0 Å². The molecule has 5 nitrogen and oxygen atoms in total. The third kappa shape index (κ3) is 3.14. The fraction of sp³-hybridized carbons (Fsp3) is 0.667. The van der Waals surface area contributed by atoms with Crippen molar-refractivity contribution in [3.63, 3.8) is 0 Å². The van der Waals surface area contributed by atoms with E-state index in [2.05, 4.69) is 0 Å². The van der Waals surface area contributed by atoms with Crippen molar-refractivity contribution in [1.82, 2.24) is 4.90 Å². The molecule has 2 rings (SSSR count). The Morgan fingerprint density at radius 2 is 1.35 bits per heavy atom. The topological polar surface area (TPSA) is 55.8 Å².